The van der Waals surface area contributed by atoms with Crippen LogP contribution in [0.25, 0.3) is 10.9 Å². The third-order valence-electron chi connectivity index (χ3n) is 4.54. The summed E-state index contributed by atoms with van der Waals surface area (Å²) >= 11 is 0. The van der Waals surface area contributed by atoms with Gasteiger partial charge in [-0.3, -0.25) is 0 Å². The van der Waals surface area contributed by atoms with Crippen molar-refractivity contribution in [1.29, 1.82) is 0 Å². The first-order valence-electron chi connectivity index (χ1n) is 8.83. The first-order valence-corrected chi connectivity index (χ1v) is 11.4. The van der Waals surface area contributed by atoms with E-state index in [0.29, 0.717) is 22.1 Å². The summed E-state index contributed by atoms with van der Waals surface area (Å²) in [6, 6.07) is 7.20. The third kappa shape index (κ3) is 4.58. The highest BCUT2D eigenvalue weighted by Crippen LogP contribution is 2.37. The number of halogens is 4. The molecule has 0 bridgehead atoms. The highest BCUT2D eigenvalue weighted by molar-refractivity contribution is 7.70. The lowest BCUT2D eigenvalue weighted by Crippen LogP contribution is -2.13. The normalized spacial score (nSPS) is 13.5. The van der Waals surface area contributed by atoms with Gasteiger partial charge in [0, 0.05) is 16.7 Å². The Bertz CT molecular complexity index is 1120. The molecule has 0 aliphatic carbocycles. The fraction of sp³-hybridized carbons (Fsp3) is 0.300. The molecule has 154 valence electrons. The number of alkyl halides is 3. The summed E-state index contributed by atoms with van der Waals surface area (Å²) in [5.41, 5.74) is -0.287. The first kappa shape index (κ1) is 21.2. The zero-order chi connectivity index (χ0) is 21.6. The summed E-state index contributed by atoms with van der Waals surface area (Å²) in [5, 5.41) is 3.72. The van der Waals surface area contributed by atoms with Crippen LogP contribution in [-0.2, 0) is 10.7 Å². The molecule has 0 spiro atoms. The molecular weight excluding hydrogens is 405 g/mol. The Morgan fingerprint density at radius 3 is 2.41 bits per heavy atom. The van der Waals surface area contributed by atoms with Crippen LogP contribution in [0.1, 0.15) is 29.9 Å². The molecule has 1 N–H and O–H groups in total. The lowest BCUT2D eigenvalue weighted by molar-refractivity contribution is -0.137. The number of aryl methyl sites for hydroxylation is 1. The van der Waals surface area contributed by atoms with E-state index in [1.165, 1.54) is 25.5 Å². The van der Waals surface area contributed by atoms with Gasteiger partial charge in [0.25, 0.3) is 0 Å². The largest absolute Gasteiger partial charge is 0.416 e. The Morgan fingerprint density at radius 2 is 1.79 bits per heavy atom. The maximum absolute atomic E-state index is 14.6. The third-order valence-corrected chi connectivity index (χ3v) is 6.04. The summed E-state index contributed by atoms with van der Waals surface area (Å²) in [4.78, 5) is 8.42. The monoisotopic (exact) mass is 425 g/mol. The van der Waals surface area contributed by atoms with E-state index in [1.807, 2.05) is 0 Å². The Morgan fingerprint density at radius 1 is 1.10 bits per heavy atom. The van der Waals surface area contributed by atoms with E-state index in [1.54, 1.807) is 26.0 Å². The molecule has 4 nitrogen and oxygen atoms in total. The number of hydrogen-bond donors (Lipinski definition) is 1. The number of hydrogen-bond acceptors (Lipinski definition) is 4. The Hall–Kier alpha value is -2.47. The molecule has 3 aromatic rings. The minimum Gasteiger partial charge on any atom is -0.363 e. The molecule has 0 fully saturated rings. The maximum atomic E-state index is 14.6. The smallest absolute Gasteiger partial charge is 0.363 e. The highest BCUT2D eigenvalue weighted by atomic mass is 31.2. The molecule has 0 saturated heterocycles. The van der Waals surface area contributed by atoms with Crippen molar-refractivity contribution in [2.45, 2.75) is 26.1 Å². The lowest BCUT2D eigenvalue weighted by Gasteiger charge is -2.19. The van der Waals surface area contributed by atoms with E-state index in [9.17, 15) is 22.1 Å². The molecule has 0 saturated carbocycles. The van der Waals surface area contributed by atoms with E-state index in [2.05, 4.69) is 15.3 Å². The topological polar surface area (TPSA) is 54.9 Å². The summed E-state index contributed by atoms with van der Waals surface area (Å²) in [5.74, 6) is -0.0487. The van der Waals surface area contributed by atoms with E-state index in [-0.39, 0.29) is 11.3 Å². The molecular formula is C20H20F4N3OP. The Balaban J connectivity index is 2.08. The van der Waals surface area contributed by atoms with Gasteiger partial charge in [-0.25, -0.2) is 14.4 Å². The minimum absolute atomic E-state index is 0.0634. The molecule has 9 heteroatoms. The number of anilines is 1. The van der Waals surface area contributed by atoms with E-state index in [4.69, 9.17) is 0 Å². The van der Waals surface area contributed by atoms with Gasteiger partial charge >= 0.3 is 6.18 Å². The standard InChI is InChI=1S/C20H20F4N3OP/c1-11(13-6-5-7-14(8-13)20(22,23)24)25-19-16-9-15(29(3,4)28)10-17(21)18(16)26-12(2)27-19/h5-11H,1-4H3,(H,25,26,27). The molecule has 29 heavy (non-hydrogen) atoms. The quantitative estimate of drug-likeness (QED) is 0.442. The molecule has 2 aromatic carbocycles. The van der Waals surface area contributed by atoms with Crippen LogP contribution < -0.4 is 10.6 Å². The second-order valence-electron chi connectivity index (χ2n) is 7.28. The number of fused-ring (bicyclic) bond motifs is 1. The van der Waals surface area contributed by atoms with Crippen LogP contribution in [0.2, 0.25) is 0 Å². The van der Waals surface area contributed by atoms with Crippen molar-refractivity contribution in [2.24, 2.45) is 0 Å². The van der Waals surface area contributed by atoms with Crippen LogP contribution >= 0.6 is 7.14 Å². The van der Waals surface area contributed by atoms with E-state index in [0.717, 1.165) is 12.1 Å². The van der Waals surface area contributed by atoms with Gasteiger partial charge in [-0.05, 0) is 57.0 Å². The maximum Gasteiger partial charge on any atom is 0.416 e. The fourth-order valence-corrected chi connectivity index (χ4v) is 3.85. The summed E-state index contributed by atoms with van der Waals surface area (Å²) in [6.07, 6.45) is -4.45. The van der Waals surface area contributed by atoms with Gasteiger partial charge in [-0.2, -0.15) is 13.2 Å². The average Bonchev–Trinajstić information content (AvgIpc) is 2.61. The van der Waals surface area contributed by atoms with E-state index < -0.39 is 30.7 Å². The number of nitrogens with one attached hydrogen (secondary N) is 1. The average molecular weight is 425 g/mol. The van der Waals surface area contributed by atoms with Crippen molar-refractivity contribution in [3.63, 3.8) is 0 Å². The molecule has 1 heterocycles. The minimum atomic E-state index is -4.45. The zero-order valence-corrected chi connectivity index (χ0v) is 17.2. The summed E-state index contributed by atoms with van der Waals surface area (Å²) < 4.78 is 66.1. The van der Waals surface area contributed by atoms with Crippen molar-refractivity contribution in [3.05, 3.63) is 59.2 Å². The molecule has 1 aromatic heterocycles. The highest BCUT2D eigenvalue weighted by Gasteiger charge is 2.30. The van der Waals surface area contributed by atoms with Crippen LogP contribution in [0.4, 0.5) is 23.4 Å². The zero-order valence-electron chi connectivity index (χ0n) is 16.3. The van der Waals surface area contributed by atoms with Crippen LogP contribution in [0.3, 0.4) is 0 Å². The van der Waals surface area contributed by atoms with Crippen molar-refractivity contribution in [3.8, 4) is 0 Å². The molecule has 0 amide bonds. The summed E-state index contributed by atoms with van der Waals surface area (Å²) in [6.45, 7) is 6.34. The predicted octanol–water partition coefficient (Wildman–Crippen LogP) is 5.52. The first-order chi connectivity index (χ1) is 13.4. The fourth-order valence-electron chi connectivity index (χ4n) is 2.98. The molecule has 3 rings (SSSR count). The second-order valence-corrected chi connectivity index (χ2v) is 10.5. The molecule has 1 atom stereocenters. The van der Waals surface area contributed by atoms with Gasteiger partial charge in [-0.1, -0.05) is 12.1 Å². The van der Waals surface area contributed by atoms with Gasteiger partial charge in [0.15, 0.2) is 0 Å². The van der Waals surface area contributed by atoms with Crippen molar-refractivity contribution < 1.29 is 22.1 Å². The van der Waals surface area contributed by atoms with Crippen molar-refractivity contribution >= 4 is 29.2 Å². The van der Waals surface area contributed by atoms with Crippen LogP contribution in [-0.4, -0.2) is 23.3 Å². The Kier molecular flexibility index (Phi) is 5.43. The van der Waals surface area contributed by atoms with Gasteiger partial charge in [0.05, 0.1) is 5.56 Å². The lowest BCUT2D eigenvalue weighted by atomic mass is 10.0. The molecule has 0 radical (unpaired) electrons. The predicted molar refractivity (Wildman–Crippen MR) is 107 cm³/mol. The number of aromatic nitrogens is 2. The SMILES string of the molecule is Cc1nc(NC(C)c2cccc(C(F)(F)F)c2)c2cc(P(C)(C)=O)cc(F)c2n1. The second kappa shape index (κ2) is 7.41. The summed E-state index contributed by atoms with van der Waals surface area (Å²) in [7, 11) is -2.75. The molecule has 0 aliphatic heterocycles. The number of benzene rings is 2. The Labute approximate surface area is 165 Å². The van der Waals surface area contributed by atoms with Gasteiger partial charge in [0.2, 0.25) is 0 Å². The van der Waals surface area contributed by atoms with Crippen LogP contribution in [0.5, 0.6) is 0 Å². The molecule has 0 aliphatic rings. The van der Waals surface area contributed by atoms with Crippen molar-refractivity contribution in [2.75, 3.05) is 18.6 Å². The van der Waals surface area contributed by atoms with Crippen molar-refractivity contribution in [1.82, 2.24) is 9.97 Å². The van der Waals surface area contributed by atoms with Gasteiger partial charge in [-0.15, -0.1) is 0 Å². The van der Waals surface area contributed by atoms with Crippen LogP contribution in [0, 0.1) is 12.7 Å². The van der Waals surface area contributed by atoms with E-state index >= 15 is 0 Å². The molecule has 1 unspecified atom stereocenters. The van der Waals surface area contributed by atoms with Gasteiger partial charge < -0.3 is 9.88 Å². The number of nitrogens with zero attached hydrogens (tertiary/aromatic N) is 2. The number of rotatable bonds is 4. The van der Waals surface area contributed by atoms with Crippen LogP contribution in [0.15, 0.2) is 36.4 Å². The van der Waals surface area contributed by atoms with Gasteiger partial charge in [0.1, 0.15) is 30.1 Å².